The van der Waals surface area contributed by atoms with Gasteiger partial charge in [-0.05, 0) is 36.8 Å². The number of anilines is 2. The van der Waals surface area contributed by atoms with Crippen molar-refractivity contribution >= 4 is 23.2 Å². The quantitative estimate of drug-likeness (QED) is 0.874. The summed E-state index contributed by atoms with van der Waals surface area (Å²) < 4.78 is 0. The van der Waals surface area contributed by atoms with Crippen LogP contribution < -0.4 is 9.80 Å². The molecule has 4 nitrogen and oxygen atoms in total. The first-order valence-electron chi connectivity index (χ1n) is 7.76. The van der Waals surface area contributed by atoms with E-state index in [1.54, 1.807) is 16.8 Å². The average molecular weight is 308 g/mol. The molecular weight excluding hydrogens is 288 g/mol. The summed E-state index contributed by atoms with van der Waals surface area (Å²) in [6.45, 7) is 2.44. The number of carbonyl (C=O) groups excluding carboxylic acids is 2. The van der Waals surface area contributed by atoms with Crippen molar-refractivity contribution in [3.05, 3.63) is 60.2 Å². The lowest BCUT2D eigenvalue weighted by Crippen LogP contribution is -2.34. The smallest absolute Gasteiger partial charge is 0.232 e. The second-order valence-electron chi connectivity index (χ2n) is 5.98. The van der Waals surface area contributed by atoms with Crippen molar-refractivity contribution in [1.82, 2.24) is 0 Å². The van der Waals surface area contributed by atoms with E-state index < -0.39 is 0 Å². The Bertz CT molecular complexity index is 727. The zero-order valence-corrected chi connectivity index (χ0v) is 13.4. The largest absolute Gasteiger partial charge is 0.315 e. The molecule has 1 heterocycles. The van der Waals surface area contributed by atoms with Gasteiger partial charge in [0, 0.05) is 31.4 Å². The van der Waals surface area contributed by atoms with Gasteiger partial charge in [0.1, 0.15) is 0 Å². The highest BCUT2D eigenvalue weighted by Crippen LogP contribution is 2.27. The van der Waals surface area contributed by atoms with Crippen LogP contribution in [-0.4, -0.2) is 25.4 Å². The molecule has 0 aliphatic carbocycles. The summed E-state index contributed by atoms with van der Waals surface area (Å²) >= 11 is 0. The molecule has 23 heavy (non-hydrogen) atoms. The minimum absolute atomic E-state index is 0.00964. The summed E-state index contributed by atoms with van der Waals surface area (Å²) in [7, 11) is 1.76. The third kappa shape index (κ3) is 3.11. The molecule has 0 N–H and O–H groups in total. The van der Waals surface area contributed by atoms with Crippen LogP contribution in [0.15, 0.2) is 54.6 Å². The maximum atomic E-state index is 12.7. The molecule has 118 valence electrons. The monoisotopic (exact) mass is 308 g/mol. The number of benzene rings is 2. The van der Waals surface area contributed by atoms with Crippen LogP contribution in [-0.2, 0) is 9.59 Å². The highest BCUT2D eigenvalue weighted by molar-refractivity contribution is 6.04. The van der Waals surface area contributed by atoms with Crippen LogP contribution in [0.2, 0.25) is 0 Å². The molecule has 1 saturated heterocycles. The summed E-state index contributed by atoms with van der Waals surface area (Å²) in [6.07, 6.45) is 0.268. The van der Waals surface area contributed by atoms with E-state index in [9.17, 15) is 9.59 Å². The Kier molecular flexibility index (Phi) is 4.15. The molecule has 1 aliphatic rings. The van der Waals surface area contributed by atoms with E-state index in [4.69, 9.17) is 0 Å². The van der Waals surface area contributed by atoms with Gasteiger partial charge in [0.15, 0.2) is 0 Å². The molecule has 2 amide bonds. The van der Waals surface area contributed by atoms with Gasteiger partial charge in [-0.2, -0.15) is 0 Å². The van der Waals surface area contributed by atoms with Crippen LogP contribution in [0.25, 0.3) is 0 Å². The van der Waals surface area contributed by atoms with Crippen molar-refractivity contribution in [2.45, 2.75) is 13.3 Å². The molecule has 1 fully saturated rings. The summed E-state index contributed by atoms with van der Waals surface area (Å²) in [6, 6.07) is 17.3. The van der Waals surface area contributed by atoms with Gasteiger partial charge in [-0.3, -0.25) is 9.59 Å². The Morgan fingerprint density at radius 3 is 2.57 bits per heavy atom. The van der Waals surface area contributed by atoms with Gasteiger partial charge in [0.25, 0.3) is 0 Å². The number of hydrogen-bond donors (Lipinski definition) is 0. The maximum Gasteiger partial charge on any atom is 0.232 e. The van der Waals surface area contributed by atoms with Crippen molar-refractivity contribution in [2.24, 2.45) is 5.92 Å². The zero-order valence-electron chi connectivity index (χ0n) is 13.4. The predicted molar refractivity (Wildman–Crippen MR) is 91.5 cm³/mol. The third-order valence-corrected chi connectivity index (χ3v) is 4.26. The normalized spacial score (nSPS) is 17.4. The van der Waals surface area contributed by atoms with Gasteiger partial charge in [0.05, 0.1) is 5.92 Å². The lowest BCUT2D eigenvalue weighted by Gasteiger charge is -2.21. The topological polar surface area (TPSA) is 40.6 Å². The van der Waals surface area contributed by atoms with Crippen LogP contribution in [0.1, 0.15) is 12.0 Å². The highest BCUT2D eigenvalue weighted by Gasteiger charge is 2.36. The van der Waals surface area contributed by atoms with E-state index in [2.05, 4.69) is 0 Å². The first-order valence-corrected chi connectivity index (χ1v) is 7.76. The van der Waals surface area contributed by atoms with E-state index in [1.807, 2.05) is 61.5 Å². The Hall–Kier alpha value is -2.62. The molecule has 0 saturated carbocycles. The molecular formula is C19H20N2O2. The van der Waals surface area contributed by atoms with Crippen LogP contribution in [0.5, 0.6) is 0 Å². The number of aryl methyl sites for hydroxylation is 1. The van der Waals surface area contributed by atoms with Crippen LogP contribution in [0.3, 0.4) is 0 Å². The molecule has 0 radical (unpaired) electrons. The molecule has 4 heteroatoms. The molecule has 2 aromatic rings. The van der Waals surface area contributed by atoms with Crippen molar-refractivity contribution in [2.75, 3.05) is 23.4 Å². The molecule has 3 rings (SSSR count). The fourth-order valence-corrected chi connectivity index (χ4v) is 2.97. The lowest BCUT2D eigenvalue weighted by molar-refractivity contribution is -0.124. The van der Waals surface area contributed by atoms with Gasteiger partial charge in [-0.15, -0.1) is 0 Å². The Balaban J connectivity index is 1.76. The van der Waals surface area contributed by atoms with Crippen molar-refractivity contribution in [1.29, 1.82) is 0 Å². The average Bonchev–Trinajstić information content (AvgIpc) is 2.96. The maximum absolute atomic E-state index is 12.7. The molecule has 0 bridgehead atoms. The second-order valence-corrected chi connectivity index (χ2v) is 5.98. The standard InChI is InChI=1S/C19H20N2O2/c1-14-7-6-10-17(11-14)21-13-15(12-18(21)22)19(23)20(2)16-8-4-3-5-9-16/h3-11,15H,12-13H2,1-2H3. The molecule has 1 atom stereocenters. The molecule has 0 aromatic heterocycles. The number of carbonyl (C=O) groups is 2. The van der Waals surface area contributed by atoms with E-state index in [0.717, 1.165) is 16.9 Å². The van der Waals surface area contributed by atoms with Crippen molar-refractivity contribution in [3.8, 4) is 0 Å². The minimum atomic E-state index is -0.298. The predicted octanol–water partition coefficient (Wildman–Crippen LogP) is 3.01. The zero-order chi connectivity index (χ0) is 16.4. The third-order valence-electron chi connectivity index (χ3n) is 4.26. The van der Waals surface area contributed by atoms with Gasteiger partial charge < -0.3 is 9.80 Å². The lowest BCUT2D eigenvalue weighted by atomic mass is 10.1. The van der Waals surface area contributed by atoms with Gasteiger partial charge in [-0.1, -0.05) is 30.3 Å². The Morgan fingerprint density at radius 2 is 1.87 bits per heavy atom. The van der Waals surface area contributed by atoms with E-state index >= 15 is 0 Å². The van der Waals surface area contributed by atoms with E-state index in [0.29, 0.717) is 6.54 Å². The fourth-order valence-electron chi connectivity index (χ4n) is 2.97. The highest BCUT2D eigenvalue weighted by atomic mass is 16.2. The van der Waals surface area contributed by atoms with Crippen molar-refractivity contribution in [3.63, 3.8) is 0 Å². The molecule has 0 spiro atoms. The SMILES string of the molecule is Cc1cccc(N2CC(C(=O)N(C)c3ccccc3)CC2=O)c1. The molecule has 1 unspecified atom stereocenters. The van der Waals surface area contributed by atoms with E-state index in [1.165, 1.54) is 0 Å². The van der Waals surface area contributed by atoms with Gasteiger partial charge >= 0.3 is 0 Å². The number of rotatable bonds is 3. The summed E-state index contributed by atoms with van der Waals surface area (Å²) in [5.74, 6) is -0.302. The van der Waals surface area contributed by atoms with Crippen LogP contribution in [0, 0.1) is 12.8 Å². The summed E-state index contributed by atoms with van der Waals surface area (Å²) in [5, 5.41) is 0. The van der Waals surface area contributed by atoms with Gasteiger partial charge in [0.2, 0.25) is 11.8 Å². The summed E-state index contributed by atoms with van der Waals surface area (Å²) in [4.78, 5) is 28.4. The fraction of sp³-hybridized carbons (Fsp3) is 0.263. The first kappa shape index (κ1) is 15.3. The first-order chi connectivity index (χ1) is 11.1. The summed E-state index contributed by atoms with van der Waals surface area (Å²) in [5.41, 5.74) is 2.82. The minimum Gasteiger partial charge on any atom is -0.315 e. The Labute approximate surface area is 136 Å². The number of hydrogen-bond acceptors (Lipinski definition) is 2. The number of para-hydroxylation sites is 1. The van der Waals surface area contributed by atoms with Crippen LogP contribution in [0.4, 0.5) is 11.4 Å². The molecule has 1 aliphatic heterocycles. The van der Waals surface area contributed by atoms with E-state index in [-0.39, 0.29) is 24.2 Å². The van der Waals surface area contributed by atoms with Crippen LogP contribution >= 0.6 is 0 Å². The number of nitrogens with zero attached hydrogens (tertiary/aromatic N) is 2. The Morgan fingerprint density at radius 1 is 1.13 bits per heavy atom. The number of amides is 2. The van der Waals surface area contributed by atoms with Gasteiger partial charge in [-0.25, -0.2) is 0 Å². The molecule has 2 aromatic carbocycles. The van der Waals surface area contributed by atoms with Crippen molar-refractivity contribution < 1.29 is 9.59 Å². The second kappa shape index (κ2) is 6.24.